The lowest BCUT2D eigenvalue weighted by molar-refractivity contribution is 0.201. The summed E-state index contributed by atoms with van der Waals surface area (Å²) in [5, 5.41) is 21.1. The fourth-order valence-corrected chi connectivity index (χ4v) is 4.43. The van der Waals surface area contributed by atoms with Crippen molar-refractivity contribution in [2.45, 2.75) is 18.8 Å². The number of aromatic nitrogens is 1. The van der Waals surface area contributed by atoms with Crippen LogP contribution in [0.25, 0.3) is 0 Å². The zero-order valence-electron chi connectivity index (χ0n) is 11.4. The second kappa shape index (κ2) is 6.35. The van der Waals surface area contributed by atoms with Crippen molar-refractivity contribution < 1.29 is 13.5 Å². The van der Waals surface area contributed by atoms with Crippen LogP contribution < -0.4 is 0 Å². The summed E-state index contributed by atoms with van der Waals surface area (Å²) in [7, 11) is -3.45. The Bertz CT molecular complexity index is 758. The minimum Gasteiger partial charge on any atom is -0.387 e. The molecule has 0 saturated carbocycles. The topological polar surface area (TPSA) is 91.0 Å². The molecule has 1 N–H and O–H groups in total. The zero-order chi connectivity index (χ0) is 15.5. The number of aliphatic hydroxyl groups is 1. The highest BCUT2D eigenvalue weighted by Gasteiger charge is 2.20. The molecule has 5 nitrogen and oxygen atoms in total. The van der Waals surface area contributed by atoms with Crippen LogP contribution in [0.15, 0.2) is 29.6 Å². The van der Waals surface area contributed by atoms with Gasteiger partial charge in [-0.15, -0.1) is 11.3 Å². The minimum absolute atomic E-state index is 0.168. The Morgan fingerprint density at radius 3 is 2.57 bits per heavy atom. The van der Waals surface area contributed by atoms with Gasteiger partial charge in [-0.3, -0.25) is 0 Å². The summed E-state index contributed by atoms with van der Waals surface area (Å²) >= 11 is 1.30. The number of rotatable bonds is 5. The van der Waals surface area contributed by atoms with Crippen LogP contribution in [0.1, 0.15) is 27.9 Å². The molecule has 0 aliphatic heterocycles. The van der Waals surface area contributed by atoms with Crippen molar-refractivity contribution >= 4 is 21.2 Å². The van der Waals surface area contributed by atoms with Crippen LogP contribution in [0, 0.1) is 18.3 Å². The summed E-state index contributed by atoms with van der Waals surface area (Å²) in [5.41, 5.74) is 1.73. The molecular formula is C14H14N2O3S2. The predicted molar refractivity (Wildman–Crippen MR) is 80.5 cm³/mol. The molecule has 1 aromatic heterocycles. The minimum atomic E-state index is -3.45. The van der Waals surface area contributed by atoms with E-state index in [1.807, 2.05) is 6.07 Å². The Hall–Kier alpha value is -1.75. The Morgan fingerprint density at radius 1 is 1.38 bits per heavy atom. The molecule has 1 heterocycles. The monoisotopic (exact) mass is 322 g/mol. The fourth-order valence-electron chi connectivity index (χ4n) is 1.83. The quantitative estimate of drug-likeness (QED) is 0.908. The third-order valence-electron chi connectivity index (χ3n) is 2.85. The van der Waals surface area contributed by atoms with Gasteiger partial charge in [0.2, 0.25) is 0 Å². The summed E-state index contributed by atoms with van der Waals surface area (Å²) in [6, 6.07) is 8.20. The molecule has 21 heavy (non-hydrogen) atoms. The molecule has 0 aliphatic carbocycles. The molecule has 0 spiro atoms. The largest absolute Gasteiger partial charge is 0.387 e. The van der Waals surface area contributed by atoms with Crippen LogP contribution in [0.3, 0.4) is 0 Å². The van der Waals surface area contributed by atoms with Gasteiger partial charge in [-0.1, -0.05) is 12.1 Å². The van der Waals surface area contributed by atoms with E-state index in [9.17, 15) is 13.5 Å². The fraction of sp³-hybridized carbons (Fsp3) is 0.286. The number of sulfone groups is 1. The van der Waals surface area contributed by atoms with Crippen molar-refractivity contribution in [3.63, 3.8) is 0 Å². The van der Waals surface area contributed by atoms with Gasteiger partial charge in [0.25, 0.3) is 0 Å². The summed E-state index contributed by atoms with van der Waals surface area (Å²) in [4.78, 5) is 4.12. The van der Waals surface area contributed by atoms with Gasteiger partial charge in [-0.25, -0.2) is 13.4 Å². The second-order valence-corrected chi connectivity index (χ2v) is 7.74. The number of aliphatic hydroxyl groups excluding tert-OH is 1. The maximum Gasteiger partial charge on any atom is 0.159 e. The first-order valence-electron chi connectivity index (χ1n) is 6.19. The average Bonchev–Trinajstić information content (AvgIpc) is 2.82. The van der Waals surface area contributed by atoms with Crippen LogP contribution in [0.4, 0.5) is 0 Å². The molecular weight excluding hydrogens is 308 g/mol. The van der Waals surface area contributed by atoms with Crippen molar-refractivity contribution in [3.8, 4) is 6.07 Å². The number of nitriles is 1. The first-order valence-corrected chi connectivity index (χ1v) is 8.89. The van der Waals surface area contributed by atoms with E-state index in [4.69, 9.17) is 5.26 Å². The van der Waals surface area contributed by atoms with Gasteiger partial charge in [-0.2, -0.15) is 5.26 Å². The highest BCUT2D eigenvalue weighted by atomic mass is 32.2. The van der Waals surface area contributed by atoms with Crippen LogP contribution >= 0.6 is 11.3 Å². The third kappa shape index (κ3) is 4.36. The summed E-state index contributed by atoms with van der Waals surface area (Å²) in [6.45, 7) is 1.80. The van der Waals surface area contributed by atoms with Crippen molar-refractivity contribution in [2.24, 2.45) is 0 Å². The van der Waals surface area contributed by atoms with Crippen molar-refractivity contribution in [2.75, 3.05) is 5.75 Å². The number of nitrogens with zero attached hydrogens (tertiary/aromatic N) is 2. The molecule has 0 radical (unpaired) electrons. The summed E-state index contributed by atoms with van der Waals surface area (Å²) in [5.74, 6) is -0.531. The molecule has 1 atom stereocenters. The van der Waals surface area contributed by atoms with Gasteiger partial charge >= 0.3 is 0 Å². The summed E-state index contributed by atoms with van der Waals surface area (Å²) in [6.07, 6.45) is -1.11. The van der Waals surface area contributed by atoms with Crippen molar-refractivity contribution in [1.82, 2.24) is 4.98 Å². The lowest BCUT2D eigenvalue weighted by Crippen LogP contribution is -2.16. The van der Waals surface area contributed by atoms with Crippen LogP contribution in [-0.4, -0.2) is 24.3 Å². The Labute approximate surface area is 127 Å². The van der Waals surface area contributed by atoms with E-state index in [-0.39, 0.29) is 11.5 Å². The summed E-state index contributed by atoms with van der Waals surface area (Å²) < 4.78 is 24.1. The molecule has 1 aromatic carbocycles. The molecule has 0 aliphatic rings. The molecule has 2 aromatic rings. The number of thiazole rings is 1. The number of benzene rings is 1. The number of aryl methyl sites for hydroxylation is 1. The molecule has 2 rings (SSSR count). The van der Waals surface area contributed by atoms with E-state index < -0.39 is 15.9 Å². The van der Waals surface area contributed by atoms with Gasteiger partial charge in [0.15, 0.2) is 9.84 Å². The van der Waals surface area contributed by atoms with E-state index in [0.717, 1.165) is 5.69 Å². The predicted octanol–water partition coefficient (Wildman–Crippen LogP) is 1.97. The van der Waals surface area contributed by atoms with Gasteiger partial charge in [0.1, 0.15) is 10.8 Å². The Balaban J connectivity index is 2.06. The van der Waals surface area contributed by atoms with E-state index >= 15 is 0 Å². The SMILES string of the molecule is Cc1csc(CS(=O)(=O)CC(O)c2ccc(C#N)cc2)n1. The maximum atomic E-state index is 12.1. The lowest BCUT2D eigenvalue weighted by Gasteiger charge is -2.11. The Kier molecular flexibility index (Phi) is 4.73. The van der Waals surface area contributed by atoms with Gasteiger partial charge in [0, 0.05) is 11.1 Å². The van der Waals surface area contributed by atoms with E-state index in [2.05, 4.69) is 4.98 Å². The first-order chi connectivity index (χ1) is 9.89. The highest BCUT2D eigenvalue weighted by Crippen LogP contribution is 2.19. The normalized spacial score (nSPS) is 12.8. The maximum absolute atomic E-state index is 12.1. The molecule has 0 amide bonds. The molecule has 1 unspecified atom stereocenters. The van der Waals surface area contributed by atoms with Crippen molar-refractivity contribution in [3.05, 3.63) is 51.5 Å². The zero-order valence-corrected chi connectivity index (χ0v) is 13.0. The van der Waals surface area contributed by atoms with Gasteiger partial charge in [-0.05, 0) is 24.6 Å². The van der Waals surface area contributed by atoms with E-state index in [1.54, 1.807) is 36.6 Å². The standard InChI is InChI=1S/C14H14N2O3S2/c1-10-7-20-14(16-10)9-21(18,19)8-13(17)12-4-2-11(6-15)3-5-12/h2-5,7,13,17H,8-9H2,1H3. The van der Waals surface area contributed by atoms with Gasteiger partial charge in [0.05, 0.1) is 23.5 Å². The van der Waals surface area contributed by atoms with E-state index in [1.165, 1.54) is 11.3 Å². The lowest BCUT2D eigenvalue weighted by atomic mass is 10.1. The number of hydrogen-bond donors (Lipinski definition) is 1. The molecule has 0 bridgehead atoms. The smallest absolute Gasteiger partial charge is 0.159 e. The Morgan fingerprint density at radius 2 is 2.05 bits per heavy atom. The highest BCUT2D eigenvalue weighted by molar-refractivity contribution is 7.90. The second-order valence-electron chi connectivity index (χ2n) is 4.69. The first kappa shape index (κ1) is 15.6. The van der Waals surface area contributed by atoms with Crippen LogP contribution in [0.5, 0.6) is 0 Å². The molecule has 0 saturated heterocycles. The average molecular weight is 322 g/mol. The molecule has 110 valence electrons. The van der Waals surface area contributed by atoms with Crippen LogP contribution in [0.2, 0.25) is 0 Å². The number of hydrogen-bond acceptors (Lipinski definition) is 6. The third-order valence-corrected chi connectivity index (χ3v) is 5.53. The van der Waals surface area contributed by atoms with Gasteiger partial charge < -0.3 is 5.11 Å². The van der Waals surface area contributed by atoms with E-state index in [0.29, 0.717) is 16.1 Å². The molecule has 0 fully saturated rings. The van der Waals surface area contributed by atoms with Crippen molar-refractivity contribution in [1.29, 1.82) is 5.26 Å². The van der Waals surface area contributed by atoms with Crippen LogP contribution in [-0.2, 0) is 15.6 Å². The molecule has 7 heteroatoms.